The lowest BCUT2D eigenvalue weighted by molar-refractivity contribution is -0.145. The molecule has 0 saturated carbocycles. The summed E-state index contributed by atoms with van der Waals surface area (Å²) >= 11 is 0.901. The van der Waals surface area contributed by atoms with Crippen LogP contribution >= 0.6 is 11.8 Å². The minimum Gasteiger partial charge on any atom is -0.308 e. The summed E-state index contributed by atoms with van der Waals surface area (Å²) in [5.74, 6) is -1.75. The molecular weight excluding hydrogens is 465 g/mol. The van der Waals surface area contributed by atoms with Gasteiger partial charge in [-0.25, -0.2) is 23.5 Å². The summed E-state index contributed by atoms with van der Waals surface area (Å²) in [4.78, 5) is 21.7. The molecule has 2 heterocycles. The van der Waals surface area contributed by atoms with Crippen LogP contribution < -0.4 is 10.0 Å². The van der Waals surface area contributed by atoms with E-state index >= 15 is 0 Å². The van der Waals surface area contributed by atoms with Crippen LogP contribution in [0.15, 0.2) is 52.4 Å². The third kappa shape index (κ3) is 4.30. The number of fused-ring (bicyclic) bond motifs is 2. The summed E-state index contributed by atoms with van der Waals surface area (Å²) < 4.78 is 62.8. The molecule has 12 heteroatoms. The Morgan fingerprint density at radius 2 is 1.94 bits per heavy atom. The van der Waals surface area contributed by atoms with Gasteiger partial charge >= 0.3 is 6.18 Å². The standard InChI is InChI=1S/C20H17F3N4O3S2/c1-11-8-12-9-13(32(24,29)30)6-7-16(12)27(11)17(28)10-31-18-14-4-2-3-5-15(14)25-19(26-18)20(21,22)23/h2-7,9,11H,8,10H2,1H3,(H2,24,29,30). The van der Waals surface area contributed by atoms with Crippen molar-refractivity contribution in [3.63, 3.8) is 0 Å². The van der Waals surface area contributed by atoms with Gasteiger partial charge in [0.2, 0.25) is 21.8 Å². The number of primary sulfonamides is 1. The Hall–Kier alpha value is -2.70. The van der Waals surface area contributed by atoms with Crippen molar-refractivity contribution >= 4 is 44.3 Å². The molecule has 1 aliphatic heterocycles. The lowest BCUT2D eigenvalue weighted by atomic mass is 10.1. The molecule has 3 aromatic rings. The van der Waals surface area contributed by atoms with Crippen molar-refractivity contribution in [1.82, 2.24) is 9.97 Å². The number of halogens is 3. The highest BCUT2D eigenvalue weighted by atomic mass is 32.2. The molecule has 2 N–H and O–H groups in total. The zero-order valence-corrected chi connectivity index (χ0v) is 18.3. The molecule has 168 valence electrons. The molecule has 0 spiro atoms. The topological polar surface area (TPSA) is 106 Å². The van der Waals surface area contributed by atoms with Crippen molar-refractivity contribution in [3.05, 3.63) is 53.9 Å². The number of anilines is 1. The van der Waals surface area contributed by atoms with Gasteiger partial charge in [-0.2, -0.15) is 13.2 Å². The molecule has 0 aliphatic carbocycles. The first kappa shape index (κ1) is 22.5. The van der Waals surface area contributed by atoms with Crippen LogP contribution in [-0.2, 0) is 27.4 Å². The van der Waals surface area contributed by atoms with Gasteiger partial charge < -0.3 is 4.90 Å². The smallest absolute Gasteiger partial charge is 0.308 e. The first-order valence-corrected chi connectivity index (χ1v) is 11.9. The fourth-order valence-electron chi connectivity index (χ4n) is 3.65. The van der Waals surface area contributed by atoms with Crippen LogP contribution in [0, 0.1) is 0 Å². The Kier molecular flexibility index (Phi) is 5.63. The molecule has 32 heavy (non-hydrogen) atoms. The van der Waals surface area contributed by atoms with E-state index in [1.165, 1.54) is 29.2 Å². The Morgan fingerprint density at radius 3 is 2.62 bits per heavy atom. The van der Waals surface area contributed by atoms with E-state index < -0.39 is 22.0 Å². The number of rotatable bonds is 4. The first-order chi connectivity index (χ1) is 14.9. The van der Waals surface area contributed by atoms with Crippen LogP contribution in [0.5, 0.6) is 0 Å². The summed E-state index contributed by atoms with van der Waals surface area (Å²) in [6.07, 6.45) is -4.28. The molecule has 1 unspecified atom stereocenters. The summed E-state index contributed by atoms with van der Waals surface area (Å²) in [7, 11) is -3.88. The summed E-state index contributed by atoms with van der Waals surface area (Å²) in [6.45, 7) is 1.81. The van der Waals surface area contributed by atoms with Gasteiger partial charge in [0, 0.05) is 17.1 Å². The van der Waals surface area contributed by atoms with Gasteiger partial charge in [-0.15, -0.1) is 0 Å². The number of alkyl halides is 3. The summed E-state index contributed by atoms with van der Waals surface area (Å²) in [5, 5.41) is 5.66. The molecule has 7 nitrogen and oxygen atoms in total. The van der Waals surface area contributed by atoms with Gasteiger partial charge in [-0.05, 0) is 43.2 Å². The molecule has 1 atom stereocenters. The highest BCUT2D eigenvalue weighted by molar-refractivity contribution is 8.00. The second-order valence-corrected chi connectivity index (χ2v) is 9.83. The number of carbonyl (C=O) groups is 1. The number of aromatic nitrogens is 2. The van der Waals surface area contributed by atoms with Gasteiger partial charge in [0.1, 0.15) is 5.03 Å². The predicted molar refractivity (Wildman–Crippen MR) is 114 cm³/mol. The van der Waals surface area contributed by atoms with Crippen LogP contribution in [0.4, 0.5) is 18.9 Å². The third-order valence-corrected chi connectivity index (χ3v) is 6.90. The van der Waals surface area contributed by atoms with Crippen LogP contribution in [0.25, 0.3) is 10.9 Å². The van der Waals surface area contributed by atoms with Gasteiger partial charge in [-0.3, -0.25) is 4.79 Å². The minimum absolute atomic E-state index is 0.0424. The van der Waals surface area contributed by atoms with E-state index in [0.717, 1.165) is 11.8 Å². The monoisotopic (exact) mass is 482 g/mol. The number of hydrogen-bond donors (Lipinski definition) is 1. The minimum atomic E-state index is -4.72. The summed E-state index contributed by atoms with van der Waals surface area (Å²) in [5.41, 5.74) is 1.36. The van der Waals surface area contributed by atoms with E-state index in [4.69, 9.17) is 5.14 Å². The molecule has 1 amide bonds. The lowest BCUT2D eigenvalue weighted by Crippen LogP contribution is -2.37. The van der Waals surface area contributed by atoms with Crippen LogP contribution in [0.1, 0.15) is 18.3 Å². The number of carbonyl (C=O) groups excluding carboxylic acids is 1. The fraction of sp³-hybridized carbons (Fsp3) is 0.250. The SMILES string of the molecule is CC1Cc2cc(S(N)(=O)=O)ccc2N1C(=O)CSc1nc(C(F)(F)F)nc2ccccc12. The Morgan fingerprint density at radius 1 is 1.22 bits per heavy atom. The third-order valence-electron chi connectivity index (χ3n) is 5.02. The largest absolute Gasteiger partial charge is 0.451 e. The number of benzene rings is 2. The highest BCUT2D eigenvalue weighted by Gasteiger charge is 2.36. The van der Waals surface area contributed by atoms with E-state index in [9.17, 15) is 26.4 Å². The van der Waals surface area contributed by atoms with E-state index in [1.54, 1.807) is 25.1 Å². The Bertz CT molecular complexity index is 1330. The number of thioether (sulfide) groups is 1. The summed E-state index contributed by atoms with van der Waals surface area (Å²) in [6, 6.07) is 10.3. The van der Waals surface area contributed by atoms with Gasteiger partial charge in [-0.1, -0.05) is 30.0 Å². The molecule has 0 saturated heterocycles. The van der Waals surface area contributed by atoms with E-state index in [1.807, 2.05) is 0 Å². The molecule has 0 bridgehead atoms. The molecule has 4 rings (SSSR count). The van der Waals surface area contributed by atoms with Crippen LogP contribution in [-0.4, -0.2) is 36.1 Å². The van der Waals surface area contributed by atoms with Crippen LogP contribution in [0.3, 0.4) is 0 Å². The molecule has 2 aromatic carbocycles. The second-order valence-electron chi connectivity index (χ2n) is 7.31. The molecule has 1 aliphatic rings. The second kappa shape index (κ2) is 8.01. The van der Waals surface area contributed by atoms with Crippen molar-refractivity contribution in [2.24, 2.45) is 5.14 Å². The number of hydrogen-bond acceptors (Lipinski definition) is 6. The molecular formula is C20H17F3N4O3S2. The lowest BCUT2D eigenvalue weighted by Gasteiger charge is -2.22. The fourth-order valence-corrected chi connectivity index (χ4v) is 5.09. The maximum absolute atomic E-state index is 13.2. The van der Waals surface area contributed by atoms with E-state index in [2.05, 4.69) is 9.97 Å². The van der Waals surface area contributed by atoms with Gasteiger partial charge in [0.05, 0.1) is 16.2 Å². The molecule has 0 radical (unpaired) electrons. The average molecular weight is 483 g/mol. The number of para-hydroxylation sites is 1. The molecule has 0 fully saturated rings. The van der Waals surface area contributed by atoms with Crippen molar-refractivity contribution in [1.29, 1.82) is 0 Å². The number of amides is 1. The zero-order valence-electron chi connectivity index (χ0n) is 16.6. The van der Waals surface area contributed by atoms with Crippen molar-refractivity contribution in [3.8, 4) is 0 Å². The zero-order chi connectivity index (χ0) is 23.3. The molecule has 1 aromatic heterocycles. The normalized spacial score (nSPS) is 16.4. The van der Waals surface area contributed by atoms with Crippen LogP contribution in [0.2, 0.25) is 0 Å². The maximum Gasteiger partial charge on any atom is 0.451 e. The average Bonchev–Trinajstić information content (AvgIpc) is 3.05. The predicted octanol–water partition coefficient (Wildman–Crippen LogP) is 3.37. The van der Waals surface area contributed by atoms with Crippen molar-refractivity contribution < 1.29 is 26.4 Å². The van der Waals surface area contributed by atoms with Crippen molar-refractivity contribution in [2.45, 2.75) is 35.5 Å². The highest BCUT2D eigenvalue weighted by Crippen LogP contribution is 2.36. The Balaban J connectivity index is 1.61. The first-order valence-electron chi connectivity index (χ1n) is 9.39. The number of nitrogens with two attached hydrogens (primary N) is 1. The van der Waals surface area contributed by atoms with Gasteiger partial charge in [0.25, 0.3) is 0 Å². The quantitative estimate of drug-likeness (QED) is 0.452. The number of nitrogens with zero attached hydrogens (tertiary/aromatic N) is 3. The van der Waals surface area contributed by atoms with Crippen molar-refractivity contribution in [2.75, 3.05) is 10.7 Å². The maximum atomic E-state index is 13.2. The Labute approximate surface area is 185 Å². The van der Waals surface area contributed by atoms with E-state index in [-0.39, 0.29) is 33.1 Å². The number of sulfonamides is 1. The van der Waals surface area contributed by atoms with E-state index in [0.29, 0.717) is 23.1 Å². The van der Waals surface area contributed by atoms with Gasteiger partial charge in [0.15, 0.2) is 0 Å².